The van der Waals surface area contributed by atoms with Crippen LogP contribution < -0.4 is 10.1 Å². The molecule has 34 heavy (non-hydrogen) atoms. The van der Waals surface area contributed by atoms with Gasteiger partial charge in [-0.1, -0.05) is 11.8 Å². The van der Waals surface area contributed by atoms with Crippen molar-refractivity contribution in [3.05, 3.63) is 78.3 Å². The zero-order valence-corrected chi connectivity index (χ0v) is 19.4. The monoisotopic (exact) mass is 478 g/mol. The van der Waals surface area contributed by atoms with E-state index >= 15 is 0 Å². The molecule has 0 bridgehead atoms. The second-order valence-electron chi connectivity index (χ2n) is 7.11. The Labute approximate surface area is 200 Å². The fourth-order valence-electron chi connectivity index (χ4n) is 3.18. The van der Waals surface area contributed by atoms with Crippen molar-refractivity contribution in [2.24, 2.45) is 0 Å². The van der Waals surface area contributed by atoms with Crippen LogP contribution in [-0.4, -0.2) is 46.6 Å². The number of nitrogens with zero attached hydrogens (tertiary/aromatic N) is 3. The van der Waals surface area contributed by atoms with Gasteiger partial charge in [0.2, 0.25) is 5.91 Å². The molecule has 10 heteroatoms. The topological polar surface area (TPSA) is 108 Å². The Morgan fingerprint density at radius 2 is 1.79 bits per heavy atom. The number of carbonyl (C=O) groups excluding carboxylic acids is 2. The number of ether oxygens (including phenoxy) is 2. The van der Waals surface area contributed by atoms with E-state index in [1.54, 1.807) is 37.6 Å². The van der Waals surface area contributed by atoms with Crippen molar-refractivity contribution < 1.29 is 23.5 Å². The maximum Gasteiger partial charge on any atom is 0.337 e. The molecule has 1 amide bonds. The molecule has 174 valence electrons. The van der Waals surface area contributed by atoms with Gasteiger partial charge in [0.15, 0.2) is 11.0 Å². The summed E-state index contributed by atoms with van der Waals surface area (Å²) in [5, 5.41) is 12.1. The first kappa shape index (κ1) is 23.1. The lowest BCUT2D eigenvalue weighted by Gasteiger charge is -2.10. The Morgan fingerprint density at radius 1 is 1.03 bits per heavy atom. The average molecular weight is 479 g/mol. The summed E-state index contributed by atoms with van der Waals surface area (Å²) in [4.78, 5) is 24.1. The van der Waals surface area contributed by atoms with Crippen LogP contribution in [0.3, 0.4) is 0 Å². The van der Waals surface area contributed by atoms with Gasteiger partial charge in [0.25, 0.3) is 0 Å². The highest BCUT2D eigenvalue weighted by molar-refractivity contribution is 7.99. The Bertz CT molecular complexity index is 1250. The SMILES string of the molecule is COC(=O)c1ccc(NC(=O)CSc2nnc(-c3ccc(OC)cc3)n2Cc2ccco2)cc1. The molecule has 0 spiro atoms. The summed E-state index contributed by atoms with van der Waals surface area (Å²) < 4.78 is 17.3. The van der Waals surface area contributed by atoms with Crippen LogP contribution in [0.15, 0.2) is 76.5 Å². The molecular formula is C24H22N4O5S. The van der Waals surface area contributed by atoms with E-state index in [-0.39, 0.29) is 11.7 Å². The first-order valence-electron chi connectivity index (χ1n) is 10.3. The highest BCUT2D eigenvalue weighted by Gasteiger charge is 2.17. The summed E-state index contributed by atoms with van der Waals surface area (Å²) in [7, 11) is 2.93. The quantitative estimate of drug-likeness (QED) is 0.283. The molecule has 0 aliphatic carbocycles. The number of nitrogens with one attached hydrogen (secondary N) is 1. The van der Waals surface area contributed by atoms with Crippen LogP contribution >= 0.6 is 11.8 Å². The van der Waals surface area contributed by atoms with Crippen LogP contribution in [0, 0.1) is 0 Å². The van der Waals surface area contributed by atoms with Crippen LogP contribution in [0.2, 0.25) is 0 Å². The van der Waals surface area contributed by atoms with Gasteiger partial charge in [0, 0.05) is 11.3 Å². The lowest BCUT2D eigenvalue weighted by molar-refractivity contribution is -0.113. The molecule has 4 rings (SSSR count). The molecule has 2 aromatic heterocycles. The standard InChI is InChI=1S/C24H22N4O5S/c1-31-19-11-7-16(8-12-19)22-26-27-24(28(22)14-20-4-3-13-33-20)34-15-21(29)25-18-9-5-17(6-10-18)23(30)32-2/h3-13H,14-15H2,1-2H3,(H,25,29). The van der Waals surface area contributed by atoms with E-state index in [1.165, 1.54) is 18.9 Å². The van der Waals surface area contributed by atoms with E-state index in [2.05, 4.69) is 20.3 Å². The number of furan rings is 1. The van der Waals surface area contributed by atoms with Crippen molar-refractivity contribution >= 4 is 29.3 Å². The molecule has 0 unspecified atom stereocenters. The van der Waals surface area contributed by atoms with Crippen LogP contribution in [0.4, 0.5) is 5.69 Å². The summed E-state index contributed by atoms with van der Waals surface area (Å²) in [5.74, 6) is 1.61. The van der Waals surface area contributed by atoms with E-state index in [4.69, 9.17) is 9.15 Å². The van der Waals surface area contributed by atoms with Crippen LogP contribution in [-0.2, 0) is 16.1 Å². The third-order valence-electron chi connectivity index (χ3n) is 4.88. The average Bonchev–Trinajstić information content (AvgIpc) is 3.53. The Kier molecular flexibility index (Phi) is 7.28. The van der Waals surface area contributed by atoms with Crippen molar-refractivity contribution in [3.8, 4) is 17.1 Å². The minimum absolute atomic E-state index is 0.123. The third kappa shape index (κ3) is 5.46. The summed E-state index contributed by atoms with van der Waals surface area (Å²) >= 11 is 1.27. The number of thioether (sulfide) groups is 1. The van der Waals surface area contributed by atoms with Crippen LogP contribution in [0.1, 0.15) is 16.1 Å². The van der Waals surface area contributed by atoms with E-state index in [9.17, 15) is 9.59 Å². The summed E-state index contributed by atoms with van der Waals surface area (Å²) in [6, 6.07) is 17.7. The second kappa shape index (κ2) is 10.7. The molecule has 0 saturated carbocycles. The van der Waals surface area contributed by atoms with E-state index in [0.717, 1.165) is 17.1 Å². The minimum Gasteiger partial charge on any atom is -0.497 e. The van der Waals surface area contributed by atoms with Gasteiger partial charge >= 0.3 is 5.97 Å². The van der Waals surface area contributed by atoms with Crippen molar-refractivity contribution in [3.63, 3.8) is 0 Å². The van der Waals surface area contributed by atoms with Crippen molar-refractivity contribution in [2.45, 2.75) is 11.7 Å². The van der Waals surface area contributed by atoms with Gasteiger partial charge < -0.3 is 19.2 Å². The fraction of sp³-hybridized carbons (Fsp3) is 0.167. The Balaban J connectivity index is 1.47. The fourth-order valence-corrected chi connectivity index (χ4v) is 3.92. The normalized spacial score (nSPS) is 10.6. The van der Waals surface area contributed by atoms with Gasteiger partial charge in [-0.3, -0.25) is 9.36 Å². The lowest BCUT2D eigenvalue weighted by Crippen LogP contribution is -2.15. The summed E-state index contributed by atoms with van der Waals surface area (Å²) in [6.45, 7) is 0.417. The first-order valence-corrected chi connectivity index (χ1v) is 11.3. The maximum absolute atomic E-state index is 12.5. The van der Waals surface area contributed by atoms with Gasteiger partial charge in [-0.15, -0.1) is 10.2 Å². The molecule has 4 aromatic rings. The predicted molar refractivity (Wildman–Crippen MR) is 127 cm³/mol. The molecule has 1 N–H and O–H groups in total. The zero-order chi connectivity index (χ0) is 23.9. The molecule has 0 radical (unpaired) electrons. The minimum atomic E-state index is -0.433. The predicted octanol–water partition coefficient (Wildman–Crippen LogP) is 4.11. The second-order valence-corrected chi connectivity index (χ2v) is 8.05. The highest BCUT2D eigenvalue weighted by Crippen LogP contribution is 2.27. The molecule has 9 nitrogen and oxygen atoms in total. The van der Waals surface area contributed by atoms with Gasteiger partial charge in [0.1, 0.15) is 11.5 Å². The summed E-state index contributed by atoms with van der Waals surface area (Å²) in [5.41, 5.74) is 1.85. The number of hydrogen-bond acceptors (Lipinski definition) is 8. The zero-order valence-electron chi connectivity index (χ0n) is 18.6. The molecular weight excluding hydrogens is 456 g/mol. The van der Waals surface area contributed by atoms with Crippen LogP contribution in [0.5, 0.6) is 5.75 Å². The number of rotatable bonds is 9. The number of amides is 1. The maximum atomic E-state index is 12.5. The van der Waals surface area contributed by atoms with Gasteiger partial charge in [0.05, 0.1) is 38.3 Å². The van der Waals surface area contributed by atoms with Crippen molar-refractivity contribution in [1.82, 2.24) is 14.8 Å². The molecule has 0 atom stereocenters. The van der Waals surface area contributed by atoms with Crippen molar-refractivity contribution in [2.75, 3.05) is 25.3 Å². The first-order chi connectivity index (χ1) is 16.6. The lowest BCUT2D eigenvalue weighted by atomic mass is 10.2. The molecule has 0 aliphatic heterocycles. The number of aromatic nitrogens is 3. The number of benzene rings is 2. The van der Waals surface area contributed by atoms with Crippen LogP contribution in [0.25, 0.3) is 11.4 Å². The highest BCUT2D eigenvalue weighted by atomic mass is 32.2. The van der Waals surface area contributed by atoms with E-state index in [1.807, 2.05) is 41.0 Å². The largest absolute Gasteiger partial charge is 0.497 e. The number of hydrogen-bond donors (Lipinski definition) is 1. The summed E-state index contributed by atoms with van der Waals surface area (Å²) in [6.07, 6.45) is 1.61. The van der Waals surface area contributed by atoms with Crippen molar-refractivity contribution in [1.29, 1.82) is 0 Å². The molecule has 2 aromatic carbocycles. The molecule has 0 saturated heterocycles. The number of methoxy groups -OCH3 is 2. The van der Waals surface area contributed by atoms with Gasteiger partial charge in [-0.2, -0.15) is 0 Å². The number of anilines is 1. The smallest absolute Gasteiger partial charge is 0.337 e. The Hall–Kier alpha value is -4.05. The van der Waals surface area contributed by atoms with E-state index < -0.39 is 5.97 Å². The molecule has 0 aliphatic rings. The number of esters is 1. The molecule has 2 heterocycles. The molecule has 0 fully saturated rings. The number of carbonyl (C=O) groups is 2. The Morgan fingerprint density at radius 3 is 2.44 bits per heavy atom. The van der Waals surface area contributed by atoms with Gasteiger partial charge in [-0.25, -0.2) is 4.79 Å². The third-order valence-corrected chi connectivity index (χ3v) is 5.85. The van der Waals surface area contributed by atoms with E-state index in [0.29, 0.717) is 28.8 Å². The van der Waals surface area contributed by atoms with Gasteiger partial charge in [-0.05, 0) is 60.7 Å².